The Bertz CT molecular complexity index is 376. The van der Waals surface area contributed by atoms with Gasteiger partial charge in [-0.1, -0.05) is 0 Å². The summed E-state index contributed by atoms with van der Waals surface area (Å²) in [5, 5.41) is 0. The first-order chi connectivity index (χ1) is 9.85. The normalized spacial score (nSPS) is 24.0. The number of piperidine rings is 1. The van der Waals surface area contributed by atoms with E-state index in [-0.39, 0.29) is 18.2 Å². The lowest BCUT2D eigenvalue weighted by molar-refractivity contribution is -0.161. The molecule has 6 nitrogen and oxygen atoms in total. The molecule has 0 spiro atoms. The Balaban J connectivity index is 1.72. The molecule has 120 valence electrons. The van der Waals surface area contributed by atoms with Crippen LogP contribution in [-0.2, 0) is 19.0 Å². The largest absolute Gasteiger partial charge is 0.460 e. The molecule has 0 aromatic heterocycles. The van der Waals surface area contributed by atoms with E-state index >= 15 is 0 Å². The number of rotatable bonds is 2. The Morgan fingerprint density at radius 3 is 2.33 bits per heavy atom. The van der Waals surface area contributed by atoms with Crippen LogP contribution in [0.1, 0.15) is 46.5 Å². The third-order valence-electron chi connectivity index (χ3n) is 3.57. The number of carbonyl (C=O) groups excluding carboxylic acids is 2. The van der Waals surface area contributed by atoms with E-state index in [1.165, 1.54) is 0 Å². The van der Waals surface area contributed by atoms with Crippen LogP contribution in [0.15, 0.2) is 0 Å². The van der Waals surface area contributed by atoms with Gasteiger partial charge in [-0.25, -0.2) is 9.59 Å². The van der Waals surface area contributed by atoms with Gasteiger partial charge in [0.2, 0.25) is 0 Å². The molecule has 1 unspecified atom stereocenters. The fraction of sp³-hybridized carbons (Fsp3) is 0.867. The molecule has 6 heteroatoms. The highest BCUT2D eigenvalue weighted by Crippen LogP contribution is 2.20. The maximum absolute atomic E-state index is 11.9. The van der Waals surface area contributed by atoms with Crippen molar-refractivity contribution in [2.24, 2.45) is 0 Å². The van der Waals surface area contributed by atoms with E-state index in [9.17, 15) is 9.59 Å². The summed E-state index contributed by atoms with van der Waals surface area (Å²) in [7, 11) is 0. The van der Waals surface area contributed by atoms with Crippen LogP contribution in [0.5, 0.6) is 0 Å². The SMILES string of the molecule is CC(C)(C)OC(=O)N1CCC(OC(=O)C2CCCO2)CC1. The van der Waals surface area contributed by atoms with Gasteiger partial charge in [-0.05, 0) is 33.6 Å². The molecule has 21 heavy (non-hydrogen) atoms. The van der Waals surface area contributed by atoms with Crippen molar-refractivity contribution in [3.05, 3.63) is 0 Å². The summed E-state index contributed by atoms with van der Waals surface area (Å²) in [5.74, 6) is -0.261. The van der Waals surface area contributed by atoms with Crippen molar-refractivity contribution < 1.29 is 23.8 Å². The number of hydrogen-bond acceptors (Lipinski definition) is 5. The van der Waals surface area contributed by atoms with E-state index in [1.54, 1.807) is 4.90 Å². The van der Waals surface area contributed by atoms with E-state index < -0.39 is 11.7 Å². The number of carbonyl (C=O) groups is 2. The second-order valence-corrected chi connectivity index (χ2v) is 6.61. The van der Waals surface area contributed by atoms with Crippen LogP contribution in [0.3, 0.4) is 0 Å². The molecule has 1 amide bonds. The van der Waals surface area contributed by atoms with Crippen molar-refractivity contribution in [2.45, 2.75) is 64.3 Å². The van der Waals surface area contributed by atoms with E-state index in [1.807, 2.05) is 20.8 Å². The van der Waals surface area contributed by atoms with Crippen LogP contribution in [-0.4, -0.2) is 54.5 Å². The standard InChI is InChI=1S/C15H25NO5/c1-15(2,3)21-14(18)16-8-6-11(7-9-16)20-13(17)12-5-4-10-19-12/h11-12H,4-10H2,1-3H3. The van der Waals surface area contributed by atoms with Gasteiger partial charge >= 0.3 is 12.1 Å². The monoisotopic (exact) mass is 299 g/mol. The van der Waals surface area contributed by atoms with Gasteiger partial charge in [-0.15, -0.1) is 0 Å². The van der Waals surface area contributed by atoms with Crippen molar-refractivity contribution in [3.8, 4) is 0 Å². The molecule has 2 saturated heterocycles. The van der Waals surface area contributed by atoms with Crippen molar-refractivity contribution in [2.75, 3.05) is 19.7 Å². The van der Waals surface area contributed by atoms with E-state index in [0.717, 1.165) is 12.8 Å². The Morgan fingerprint density at radius 2 is 1.81 bits per heavy atom. The van der Waals surface area contributed by atoms with E-state index in [2.05, 4.69) is 0 Å². The summed E-state index contributed by atoms with van der Waals surface area (Å²) in [6.07, 6.45) is 2.14. The summed E-state index contributed by atoms with van der Waals surface area (Å²) in [6, 6.07) is 0. The number of amides is 1. The molecule has 2 rings (SSSR count). The Hall–Kier alpha value is -1.30. The van der Waals surface area contributed by atoms with Crippen molar-refractivity contribution in [3.63, 3.8) is 0 Å². The van der Waals surface area contributed by atoms with Crippen molar-refractivity contribution in [1.29, 1.82) is 0 Å². The van der Waals surface area contributed by atoms with Gasteiger partial charge in [-0.2, -0.15) is 0 Å². The van der Waals surface area contributed by atoms with Gasteiger partial charge in [0, 0.05) is 32.5 Å². The summed E-state index contributed by atoms with van der Waals surface area (Å²) in [4.78, 5) is 25.5. The Kier molecular flexibility index (Phi) is 5.08. The first-order valence-electron chi connectivity index (χ1n) is 7.65. The molecule has 0 bridgehead atoms. The van der Waals surface area contributed by atoms with Gasteiger partial charge in [0.1, 0.15) is 11.7 Å². The molecule has 2 aliphatic heterocycles. The number of nitrogens with zero attached hydrogens (tertiary/aromatic N) is 1. The molecule has 0 N–H and O–H groups in total. The molecular formula is C15H25NO5. The highest BCUT2D eigenvalue weighted by atomic mass is 16.6. The van der Waals surface area contributed by atoms with Crippen molar-refractivity contribution >= 4 is 12.1 Å². The maximum atomic E-state index is 11.9. The minimum absolute atomic E-state index is 0.125. The van der Waals surface area contributed by atoms with Crippen LogP contribution in [0.25, 0.3) is 0 Å². The van der Waals surface area contributed by atoms with Crippen LogP contribution in [0, 0.1) is 0 Å². The number of esters is 1. The lowest BCUT2D eigenvalue weighted by Crippen LogP contribution is -2.44. The molecular weight excluding hydrogens is 274 g/mol. The molecule has 2 fully saturated rings. The second kappa shape index (κ2) is 6.64. The lowest BCUT2D eigenvalue weighted by Gasteiger charge is -2.33. The lowest BCUT2D eigenvalue weighted by atomic mass is 10.1. The molecule has 2 heterocycles. The van der Waals surface area contributed by atoms with Crippen LogP contribution in [0.2, 0.25) is 0 Å². The minimum atomic E-state index is -0.486. The predicted octanol–water partition coefficient (Wildman–Crippen LogP) is 2.11. The smallest absolute Gasteiger partial charge is 0.410 e. The summed E-state index contributed by atoms with van der Waals surface area (Å²) >= 11 is 0. The topological polar surface area (TPSA) is 65.1 Å². The van der Waals surface area contributed by atoms with Gasteiger partial charge in [0.15, 0.2) is 6.10 Å². The first-order valence-corrected chi connectivity index (χ1v) is 7.65. The first kappa shape index (κ1) is 16.1. The molecule has 0 aromatic rings. The number of hydrogen-bond donors (Lipinski definition) is 0. The fourth-order valence-electron chi connectivity index (χ4n) is 2.49. The maximum Gasteiger partial charge on any atom is 0.410 e. The third kappa shape index (κ3) is 4.88. The molecule has 0 aromatic carbocycles. The van der Waals surface area contributed by atoms with E-state index in [4.69, 9.17) is 14.2 Å². The molecule has 2 aliphatic rings. The summed E-state index contributed by atoms with van der Waals surface area (Å²) in [6.45, 7) is 7.29. The summed E-state index contributed by atoms with van der Waals surface area (Å²) < 4.78 is 16.1. The number of ether oxygens (including phenoxy) is 3. The average Bonchev–Trinajstić information content (AvgIpc) is 2.91. The zero-order valence-corrected chi connectivity index (χ0v) is 13.1. The quantitative estimate of drug-likeness (QED) is 0.731. The zero-order chi connectivity index (χ0) is 15.5. The van der Waals surface area contributed by atoms with Crippen molar-refractivity contribution in [1.82, 2.24) is 4.90 Å². The van der Waals surface area contributed by atoms with Crippen LogP contribution in [0.4, 0.5) is 4.79 Å². The second-order valence-electron chi connectivity index (χ2n) is 6.61. The fourth-order valence-corrected chi connectivity index (χ4v) is 2.49. The van der Waals surface area contributed by atoms with Gasteiger partial charge in [-0.3, -0.25) is 0 Å². The third-order valence-corrected chi connectivity index (χ3v) is 3.57. The molecule has 0 aliphatic carbocycles. The predicted molar refractivity (Wildman–Crippen MR) is 75.9 cm³/mol. The van der Waals surface area contributed by atoms with Gasteiger partial charge in [0.05, 0.1) is 0 Å². The minimum Gasteiger partial charge on any atom is -0.460 e. The molecule has 0 radical (unpaired) electrons. The highest BCUT2D eigenvalue weighted by molar-refractivity contribution is 5.75. The van der Waals surface area contributed by atoms with Gasteiger partial charge in [0.25, 0.3) is 0 Å². The Morgan fingerprint density at radius 1 is 1.14 bits per heavy atom. The van der Waals surface area contributed by atoms with Gasteiger partial charge < -0.3 is 19.1 Å². The highest BCUT2D eigenvalue weighted by Gasteiger charge is 2.31. The zero-order valence-electron chi connectivity index (χ0n) is 13.1. The van der Waals surface area contributed by atoms with E-state index in [0.29, 0.717) is 32.5 Å². The summed E-state index contributed by atoms with van der Waals surface area (Å²) in [5.41, 5.74) is -0.486. The molecule has 1 atom stereocenters. The Labute approximate surface area is 125 Å². The average molecular weight is 299 g/mol. The van der Waals surface area contributed by atoms with Crippen LogP contribution < -0.4 is 0 Å². The molecule has 0 saturated carbocycles. The number of likely N-dealkylation sites (tertiary alicyclic amines) is 1. The van der Waals surface area contributed by atoms with Crippen LogP contribution >= 0.6 is 0 Å².